The molecule has 1 saturated heterocycles. The topological polar surface area (TPSA) is 63.3 Å². The molecule has 1 aromatic heterocycles. The van der Waals surface area contributed by atoms with Crippen molar-refractivity contribution in [3.63, 3.8) is 0 Å². The molecule has 0 spiro atoms. The van der Waals surface area contributed by atoms with Gasteiger partial charge in [0.15, 0.2) is 0 Å². The summed E-state index contributed by atoms with van der Waals surface area (Å²) in [4.78, 5) is 14.7. The van der Waals surface area contributed by atoms with E-state index < -0.39 is 5.97 Å². The molecule has 0 radical (unpaired) electrons. The van der Waals surface area contributed by atoms with E-state index >= 15 is 0 Å². The molecule has 1 N–H and O–H groups in total. The predicted octanol–water partition coefficient (Wildman–Crippen LogP) is 1.70. The predicted molar refractivity (Wildman–Crippen MR) is 57.1 cm³/mol. The molecule has 1 aliphatic rings. The maximum absolute atomic E-state index is 10.5. The minimum absolute atomic E-state index is 0.0125. The summed E-state index contributed by atoms with van der Waals surface area (Å²) in [5.41, 5.74) is -0.0125. The molecule has 4 nitrogen and oxygen atoms in total. The molecule has 0 bridgehead atoms. The van der Waals surface area contributed by atoms with Crippen LogP contribution in [0.2, 0.25) is 0 Å². The van der Waals surface area contributed by atoms with E-state index in [1.807, 2.05) is 11.8 Å². The van der Waals surface area contributed by atoms with Gasteiger partial charge in [0.25, 0.3) is 0 Å². The zero-order chi connectivity index (χ0) is 10.9. The van der Waals surface area contributed by atoms with Crippen LogP contribution in [0, 0.1) is 0 Å². The van der Waals surface area contributed by atoms with Crippen LogP contribution < -0.4 is 0 Å². The van der Waals surface area contributed by atoms with Crippen molar-refractivity contribution >= 4 is 17.7 Å². The Kier molecular flexibility index (Phi) is 2.73. The van der Waals surface area contributed by atoms with Gasteiger partial charge in [0.1, 0.15) is 12.2 Å². The molecule has 0 aliphatic carbocycles. The van der Waals surface area contributed by atoms with Crippen LogP contribution in [0.4, 0.5) is 0 Å². The number of thioether (sulfide) groups is 1. The largest absolute Gasteiger partial charge is 0.481 e. The molecule has 82 valence electrons. The van der Waals surface area contributed by atoms with Gasteiger partial charge in [0.05, 0.1) is 11.6 Å². The maximum Gasteiger partial charge on any atom is 0.311 e. The smallest absolute Gasteiger partial charge is 0.311 e. The highest BCUT2D eigenvalue weighted by molar-refractivity contribution is 7.99. The SMILES string of the molecule is CC1(c2ncc(CC(=O)O)o2)CCSC1. The van der Waals surface area contributed by atoms with E-state index in [1.165, 1.54) is 6.20 Å². The molecule has 1 unspecified atom stereocenters. The number of aromatic nitrogens is 1. The van der Waals surface area contributed by atoms with Crippen LogP contribution >= 0.6 is 11.8 Å². The third-order valence-corrected chi connectivity index (χ3v) is 3.95. The van der Waals surface area contributed by atoms with Crippen LogP contribution in [-0.4, -0.2) is 27.6 Å². The number of aliphatic carboxylic acids is 1. The number of hydrogen-bond donors (Lipinski definition) is 1. The average Bonchev–Trinajstić information content (AvgIpc) is 2.74. The lowest BCUT2D eigenvalue weighted by Crippen LogP contribution is -2.21. The lowest BCUT2D eigenvalue weighted by Gasteiger charge is -2.17. The number of hydrogen-bond acceptors (Lipinski definition) is 4. The van der Waals surface area contributed by atoms with Crippen molar-refractivity contribution in [2.45, 2.75) is 25.2 Å². The van der Waals surface area contributed by atoms with Gasteiger partial charge in [-0.05, 0) is 12.2 Å². The van der Waals surface area contributed by atoms with E-state index in [0.29, 0.717) is 11.7 Å². The average molecular weight is 227 g/mol. The Labute approximate surface area is 92.1 Å². The molecule has 2 rings (SSSR count). The monoisotopic (exact) mass is 227 g/mol. The Morgan fingerprint density at radius 1 is 1.80 bits per heavy atom. The van der Waals surface area contributed by atoms with E-state index in [1.54, 1.807) is 0 Å². The van der Waals surface area contributed by atoms with E-state index in [9.17, 15) is 4.79 Å². The molecule has 1 atom stereocenters. The first-order valence-corrected chi connectivity index (χ1v) is 6.00. The summed E-state index contributed by atoms with van der Waals surface area (Å²) in [7, 11) is 0. The normalized spacial score (nSPS) is 25.7. The van der Waals surface area contributed by atoms with Gasteiger partial charge in [-0.15, -0.1) is 0 Å². The fourth-order valence-electron chi connectivity index (χ4n) is 1.65. The van der Waals surface area contributed by atoms with E-state index in [0.717, 1.165) is 17.9 Å². The summed E-state index contributed by atoms with van der Waals surface area (Å²) < 4.78 is 5.48. The lowest BCUT2D eigenvalue weighted by molar-refractivity contribution is -0.136. The highest BCUT2D eigenvalue weighted by Crippen LogP contribution is 2.38. The van der Waals surface area contributed by atoms with Gasteiger partial charge in [-0.25, -0.2) is 4.98 Å². The van der Waals surface area contributed by atoms with Gasteiger partial charge in [-0.3, -0.25) is 4.79 Å². The number of oxazole rings is 1. The molecule has 0 amide bonds. The molecule has 0 aromatic carbocycles. The van der Waals surface area contributed by atoms with Gasteiger partial charge in [-0.1, -0.05) is 6.92 Å². The number of carbonyl (C=O) groups is 1. The van der Waals surface area contributed by atoms with Gasteiger partial charge in [0, 0.05) is 5.75 Å². The van der Waals surface area contributed by atoms with Gasteiger partial charge in [-0.2, -0.15) is 11.8 Å². The highest BCUT2D eigenvalue weighted by atomic mass is 32.2. The maximum atomic E-state index is 10.5. The second-order valence-electron chi connectivity index (χ2n) is 4.07. The molecule has 1 fully saturated rings. The highest BCUT2D eigenvalue weighted by Gasteiger charge is 2.35. The van der Waals surface area contributed by atoms with E-state index in [-0.39, 0.29) is 11.8 Å². The molecule has 1 aliphatic heterocycles. The first-order chi connectivity index (χ1) is 7.10. The van der Waals surface area contributed by atoms with Crippen molar-refractivity contribution in [1.29, 1.82) is 0 Å². The standard InChI is InChI=1S/C10H13NO3S/c1-10(2-3-15-6-10)9-11-5-7(14-9)4-8(12)13/h5H,2-4,6H2,1H3,(H,12,13). The molecule has 15 heavy (non-hydrogen) atoms. The summed E-state index contributed by atoms with van der Waals surface area (Å²) in [5, 5.41) is 8.61. The Bertz CT molecular complexity index is 368. The summed E-state index contributed by atoms with van der Waals surface area (Å²) in [6, 6.07) is 0. The molecule has 5 heteroatoms. The van der Waals surface area contributed by atoms with Gasteiger partial charge < -0.3 is 9.52 Å². The summed E-state index contributed by atoms with van der Waals surface area (Å²) in [6.07, 6.45) is 2.48. The van der Waals surface area contributed by atoms with Crippen molar-refractivity contribution in [3.8, 4) is 0 Å². The first-order valence-electron chi connectivity index (χ1n) is 4.85. The minimum atomic E-state index is -0.886. The quantitative estimate of drug-likeness (QED) is 0.851. The minimum Gasteiger partial charge on any atom is -0.481 e. The fraction of sp³-hybridized carbons (Fsp3) is 0.600. The fourth-order valence-corrected chi connectivity index (χ4v) is 3.11. The van der Waals surface area contributed by atoms with Gasteiger partial charge >= 0.3 is 5.97 Å². The molecular formula is C10H13NO3S. The molecular weight excluding hydrogens is 214 g/mol. The summed E-state index contributed by atoms with van der Waals surface area (Å²) >= 11 is 1.88. The van der Waals surface area contributed by atoms with Crippen molar-refractivity contribution in [2.24, 2.45) is 0 Å². The Morgan fingerprint density at radius 3 is 3.20 bits per heavy atom. The van der Waals surface area contributed by atoms with Crippen LogP contribution in [0.3, 0.4) is 0 Å². The van der Waals surface area contributed by atoms with Crippen molar-refractivity contribution in [2.75, 3.05) is 11.5 Å². The van der Waals surface area contributed by atoms with Crippen molar-refractivity contribution < 1.29 is 14.3 Å². The summed E-state index contributed by atoms with van der Waals surface area (Å²) in [5.74, 6) is 2.36. The Balaban J connectivity index is 2.15. The zero-order valence-electron chi connectivity index (χ0n) is 8.52. The van der Waals surface area contributed by atoms with Crippen LogP contribution in [0.5, 0.6) is 0 Å². The lowest BCUT2D eigenvalue weighted by atomic mass is 9.90. The van der Waals surface area contributed by atoms with Crippen molar-refractivity contribution in [1.82, 2.24) is 4.98 Å². The second kappa shape index (κ2) is 3.89. The Morgan fingerprint density at radius 2 is 2.60 bits per heavy atom. The van der Waals surface area contributed by atoms with Crippen LogP contribution in [0.1, 0.15) is 25.0 Å². The molecule has 1 aromatic rings. The number of rotatable bonds is 3. The Hall–Kier alpha value is -0.970. The number of carboxylic acids is 1. The van der Waals surface area contributed by atoms with Crippen LogP contribution in [-0.2, 0) is 16.6 Å². The van der Waals surface area contributed by atoms with E-state index in [4.69, 9.17) is 9.52 Å². The van der Waals surface area contributed by atoms with Crippen LogP contribution in [0.15, 0.2) is 10.6 Å². The third kappa shape index (κ3) is 2.17. The zero-order valence-corrected chi connectivity index (χ0v) is 9.34. The van der Waals surface area contributed by atoms with Crippen molar-refractivity contribution in [3.05, 3.63) is 17.8 Å². The number of carboxylic acid groups (broad SMARTS) is 1. The number of nitrogens with zero attached hydrogens (tertiary/aromatic N) is 1. The molecule has 0 saturated carbocycles. The van der Waals surface area contributed by atoms with Crippen LogP contribution in [0.25, 0.3) is 0 Å². The van der Waals surface area contributed by atoms with Gasteiger partial charge in [0.2, 0.25) is 5.89 Å². The van der Waals surface area contributed by atoms with E-state index in [2.05, 4.69) is 11.9 Å². The first kappa shape index (κ1) is 10.5. The molecule has 2 heterocycles. The second-order valence-corrected chi connectivity index (χ2v) is 5.17. The summed E-state index contributed by atoms with van der Waals surface area (Å²) in [6.45, 7) is 2.11. The third-order valence-electron chi connectivity index (χ3n) is 2.61.